The Hall–Kier alpha value is -1.44. The monoisotopic (exact) mass is 377 g/mol. The molecule has 1 aromatic carbocycles. The van der Waals surface area contributed by atoms with E-state index in [0.717, 1.165) is 31.5 Å². The zero-order chi connectivity index (χ0) is 18.3. The summed E-state index contributed by atoms with van der Waals surface area (Å²) in [7, 11) is -1.41. The zero-order valence-electron chi connectivity index (χ0n) is 15.3. The molecule has 142 valence electrons. The van der Waals surface area contributed by atoms with Crippen LogP contribution in [-0.2, 0) is 14.8 Å². The predicted molar refractivity (Wildman–Crippen MR) is 101 cm³/mol. The van der Waals surface area contributed by atoms with Crippen LogP contribution in [0.1, 0.15) is 38.5 Å². The van der Waals surface area contributed by atoms with Crippen molar-refractivity contribution in [1.82, 2.24) is 9.21 Å². The third-order valence-corrected chi connectivity index (χ3v) is 7.59. The molecule has 1 saturated heterocycles. The first kappa shape index (κ1) is 17.9. The molecular formula is C19H27N3O3S. The van der Waals surface area contributed by atoms with Gasteiger partial charge >= 0.3 is 0 Å². The molecule has 0 unspecified atom stereocenters. The fourth-order valence-electron chi connectivity index (χ4n) is 3.67. The van der Waals surface area contributed by atoms with Gasteiger partial charge < -0.3 is 9.80 Å². The molecule has 1 amide bonds. The summed E-state index contributed by atoms with van der Waals surface area (Å²) in [5, 5.41) is 0. The van der Waals surface area contributed by atoms with Crippen molar-refractivity contribution < 1.29 is 13.2 Å². The van der Waals surface area contributed by atoms with E-state index >= 15 is 0 Å². The van der Waals surface area contributed by atoms with Crippen LogP contribution in [0.4, 0.5) is 5.69 Å². The highest BCUT2D eigenvalue weighted by Crippen LogP contribution is 2.33. The molecule has 3 fully saturated rings. The predicted octanol–water partition coefficient (Wildman–Crippen LogP) is 2.06. The maximum atomic E-state index is 13.1. The minimum atomic E-state index is -3.49. The van der Waals surface area contributed by atoms with E-state index in [0.29, 0.717) is 30.4 Å². The number of anilines is 1. The molecule has 2 saturated carbocycles. The van der Waals surface area contributed by atoms with E-state index < -0.39 is 10.0 Å². The number of amides is 1. The van der Waals surface area contributed by atoms with Gasteiger partial charge in [-0.1, -0.05) is 0 Å². The number of rotatable bonds is 8. The fraction of sp³-hybridized carbons (Fsp3) is 0.632. The molecule has 1 heterocycles. The molecule has 2 aliphatic carbocycles. The molecule has 4 rings (SSSR count). The van der Waals surface area contributed by atoms with Crippen molar-refractivity contribution in [2.45, 2.75) is 55.5 Å². The number of benzene rings is 1. The molecule has 1 aliphatic heterocycles. The maximum Gasteiger partial charge on any atom is 0.243 e. The van der Waals surface area contributed by atoms with E-state index in [1.54, 1.807) is 33.5 Å². The minimum Gasteiger partial charge on any atom is -0.312 e. The van der Waals surface area contributed by atoms with Crippen LogP contribution in [0.5, 0.6) is 0 Å². The summed E-state index contributed by atoms with van der Waals surface area (Å²) in [6, 6.07) is 7.60. The normalized spacial score (nSPS) is 21.2. The summed E-state index contributed by atoms with van der Waals surface area (Å²) in [6.45, 7) is 2.04. The molecule has 0 aromatic heterocycles. The van der Waals surface area contributed by atoms with Gasteiger partial charge in [-0.25, -0.2) is 8.42 Å². The van der Waals surface area contributed by atoms with Gasteiger partial charge in [0.1, 0.15) is 0 Å². The Morgan fingerprint density at radius 3 is 2.23 bits per heavy atom. The second-order valence-electron chi connectivity index (χ2n) is 7.70. The first-order valence-corrected chi connectivity index (χ1v) is 11.0. The van der Waals surface area contributed by atoms with E-state index in [1.807, 2.05) is 0 Å². The first-order valence-electron chi connectivity index (χ1n) is 9.59. The Bertz CT molecular complexity index is 770. The van der Waals surface area contributed by atoms with Crippen molar-refractivity contribution in [3.05, 3.63) is 24.3 Å². The number of hydrogen-bond donors (Lipinski definition) is 0. The largest absolute Gasteiger partial charge is 0.312 e. The number of nitrogens with zero attached hydrogens (tertiary/aromatic N) is 3. The number of carbonyl (C=O) groups is 1. The molecule has 0 N–H and O–H groups in total. The van der Waals surface area contributed by atoms with Gasteiger partial charge in [-0.3, -0.25) is 4.79 Å². The zero-order valence-corrected chi connectivity index (χ0v) is 16.1. The van der Waals surface area contributed by atoms with Gasteiger partial charge in [0.2, 0.25) is 15.9 Å². The van der Waals surface area contributed by atoms with Crippen LogP contribution >= 0.6 is 0 Å². The highest BCUT2D eigenvalue weighted by atomic mass is 32.2. The first-order chi connectivity index (χ1) is 12.5. The van der Waals surface area contributed by atoms with Gasteiger partial charge in [-0.15, -0.1) is 0 Å². The van der Waals surface area contributed by atoms with Crippen molar-refractivity contribution >= 4 is 21.6 Å². The average molecular weight is 378 g/mol. The van der Waals surface area contributed by atoms with Crippen LogP contribution in [0.2, 0.25) is 0 Å². The molecular weight excluding hydrogens is 350 g/mol. The van der Waals surface area contributed by atoms with Crippen LogP contribution < -0.4 is 4.90 Å². The topological polar surface area (TPSA) is 60.9 Å². The van der Waals surface area contributed by atoms with E-state index in [4.69, 9.17) is 0 Å². The van der Waals surface area contributed by atoms with Gasteiger partial charge in [-0.05, 0) is 63.4 Å². The Kier molecular flexibility index (Phi) is 4.79. The summed E-state index contributed by atoms with van der Waals surface area (Å²) >= 11 is 0. The molecule has 6 nitrogen and oxygen atoms in total. The summed E-state index contributed by atoms with van der Waals surface area (Å²) in [5.41, 5.74) is 0.790. The number of hydrogen-bond acceptors (Lipinski definition) is 4. The quantitative estimate of drug-likeness (QED) is 0.696. The van der Waals surface area contributed by atoms with E-state index in [9.17, 15) is 13.2 Å². The molecule has 7 heteroatoms. The second-order valence-corrected chi connectivity index (χ2v) is 9.59. The van der Waals surface area contributed by atoms with Crippen LogP contribution in [0, 0.1) is 0 Å². The highest BCUT2D eigenvalue weighted by molar-refractivity contribution is 7.89. The molecule has 0 atom stereocenters. The summed E-state index contributed by atoms with van der Waals surface area (Å²) in [4.78, 5) is 16.2. The van der Waals surface area contributed by atoms with Crippen molar-refractivity contribution in [3.8, 4) is 0 Å². The van der Waals surface area contributed by atoms with E-state index in [-0.39, 0.29) is 11.9 Å². The lowest BCUT2D eigenvalue weighted by atomic mass is 10.3. The van der Waals surface area contributed by atoms with E-state index in [2.05, 4.69) is 11.9 Å². The maximum absolute atomic E-state index is 13.1. The molecule has 0 spiro atoms. The third-order valence-electron chi connectivity index (χ3n) is 5.63. The smallest absolute Gasteiger partial charge is 0.243 e. The molecule has 26 heavy (non-hydrogen) atoms. The number of sulfonamides is 1. The lowest BCUT2D eigenvalue weighted by molar-refractivity contribution is -0.117. The van der Waals surface area contributed by atoms with Crippen molar-refractivity contribution in [3.63, 3.8) is 0 Å². The SMILES string of the molecule is CN(CCN(C1CC1)S(=O)(=O)c1ccc(N2CCCC2=O)cc1)C1CC1. The lowest BCUT2D eigenvalue weighted by Gasteiger charge is -2.25. The Labute approximate surface area is 155 Å². The lowest BCUT2D eigenvalue weighted by Crippen LogP contribution is -2.39. The van der Waals surface area contributed by atoms with Gasteiger partial charge in [0.15, 0.2) is 0 Å². The third kappa shape index (κ3) is 3.66. The molecule has 0 bridgehead atoms. The number of likely N-dealkylation sites (N-methyl/N-ethyl adjacent to an activating group) is 1. The van der Waals surface area contributed by atoms with Crippen LogP contribution in [0.25, 0.3) is 0 Å². The Morgan fingerprint density at radius 1 is 1.04 bits per heavy atom. The van der Waals surface area contributed by atoms with Crippen molar-refractivity contribution in [2.24, 2.45) is 0 Å². The standard InChI is InChI=1S/C19H27N3O3S/c1-20(15-4-5-15)13-14-22(17-6-7-17)26(24,25)18-10-8-16(9-11-18)21-12-2-3-19(21)23/h8-11,15,17H,2-7,12-14H2,1H3. The van der Waals surface area contributed by atoms with Crippen molar-refractivity contribution in [1.29, 1.82) is 0 Å². The summed E-state index contributed by atoms with van der Waals surface area (Å²) in [5.74, 6) is 0.114. The molecule has 0 radical (unpaired) electrons. The highest BCUT2D eigenvalue weighted by Gasteiger charge is 2.38. The molecule has 1 aromatic rings. The second kappa shape index (κ2) is 6.94. The van der Waals surface area contributed by atoms with Gasteiger partial charge in [0, 0.05) is 43.8 Å². The van der Waals surface area contributed by atoms with Crippen molar-refractivity contribution in [2.75, 3.05) is 31.6 Å². The minimum absolute atomic E-state index is 0.114. The van der Waals surface area contributed by atoms with Gasteiger partial charge in [-0.2, -0.15) is 4.31 Å². The average Bonchev–Trinajstić information content (AvgIpc) is 3.53. The van der Waals surface area contributed by atoms with E-state index in [1.165, 1.54) is 12.8 Å². The van der Waals surface area contributed by atoms with Gasteiger partial charge in [0.25, 0.3) is 0 Å². The van der Waals surface area contributed by atoms with Crippen LogP contribution in [0.15, 0.2) is 29.2 Å². The van der Waals surface area contributed by atoms with Crippen LogP contribution in [-0.4, -0.2) is 62.3 Å². The van der Waals surface area contributed by atoms with Crippen LogP contribution in [0.3, 0.4) is 0 Å². The Balaban J connectivity index is 1.49. The summed E-state index contributed by atoms with van der Waals surface area (Å²) in [6.07, 6.45) is 5.79. The fourth-order valence-corrected chi connectivity index (χ4v) is 5.35. The number of carbonyl (C=O) groups excluding carboxylic acids is 1. The van der Waals surface area contributed by atoms with Gasteiger partial charge in [0.05, 0.1) is 4.90 Å². The molecule has 3 aliphatic rings. The summed E-state index contributed by atoms with van der Waals surface area (Å²) < 4.78 is 28.0. The Morgan fingerprint density at radius 2 is 1.69 bits per heavy atom.